The molecule has 0 atom stereocenters. The molecule has 0 fully saturated rings. The molecule has 1 amide bonds. The smallest absolute Gasteiger partial charge is 0.224 e. The molecule has 0 bridgehead atoms. The van der Waals surface area contributed by atoms with Crippen LogP contribution in [0.25, 0.3) is 0 Å². The topological polar surface area (TPSA) is 72.9 Å². The third kappa shape index (κ3) is 3.06. The minimum absolute atomic E-state index is 0.288. The van der Waals surface area contributed by atoms with Gasteiger partial charge in [0, 0.05) is 25.8 Å². The summed E-state index contributed by atoms with van der Waals surface area (Å²) in [6.45, 7) is 7.83. The summed E-state index contributed by atoms with van der Waals surface area (Å²) in [6.07, 6.45) is 1.78. The highest BCUT2D eigenvalue weighted by Crippen LogP contribution is 2.12. The molecule has 3 N–H and O–H groups in total. The Kier molecular flexibility index (Phi) is 4.06. The van der Waals surface area contributed by atoms with Gasteiger partial charge in [0.1, 0.15) is 0 Å². The molecule has 16 heavy (non-hydrogen) atoms. The van der Waals surface area contributed by atoms with E-state index in [4.69, 9.17) is 5.73 Å². The normalized spacial score (nSPS) is 11.7. The number of primary amides is 1. The van der Waals surface area contributed by atoms with Crippen LogP contribution in [0.1, 0.15) is 26.5 Å². The molecule has 0 aliphatic heterocycles. The molecule has 0 unspecified atom stereocenters. The Bertz CT molecular complexity index is 357. The lowest BCUT2D eigenvalue weighted by Gasteiger charge is -2.20. The Morgan fingerprint density at radius 2 is 2.31 bits per heavy atom. The minimum atomic E-state index is -0.517. The summed E-state index contributed by atoms with van der Waals surface area (Å²) >= 11 is 0. The maximum absolute atomic E-state index is 11.1. The lowest BCUT2D eigenvalue weighted by atomic mass is 9.93. The van der Waals surface area contributed by atoms with Crippen molar-refractivity contribution in [2.75, 3.05) is 6.54 Å². The quantitative estimate of drug-likeness (QED) is 0.739. The number of carbonyl (C=O) groups excluding carboxylic acids is 1. The monoisotopic (exact) mass is 224 g/mol. The summed E-state index contributed by atoms with van der Waals surface area (Å²) < 4.78 is 1.92. The molecule has 0 aromatic carbocycles. The van der Waals surface area contributed by atoms with Crippen LogP contribution in [0.5, 0.6) is 0 Å². The summed E-state index contributed by atoms with van der Waals surface area (Å²) in [4.78, 5) is 11.1. The highest BCUT2D eigenvalue weighted by Gasteiger charge is 2.24. The third-order valence-electron chi connectivity index (χ3n) is 2.64. The van der Waals surface area contributed by atoms with Crippen molar-refractivity contribution in [3.63, 3.8) is 0 Å². The fourth-order valence-electron chi connectivity index (χ4n) is 1.39. The fourth-order valence-corrected chi connectivity index (χ4v) is 1.39. The van der Waals surface area contributed by atoms with Crippen LogP contribution in [0.2, 0.25) is 0 Å². The number of nitrogens with one attached hydrogen (secondary N) is 1. The largest absolute Gasteiger partial charge is 0.369 e. The molecular weight excluding hydrogens is 204 g/mol. The van der Waals surface area contributed by atoms with Crippen molar-refractivity contribution in [3.8, 4) is 0 Å². The Balaban J connectivity index is 2.44. The minimum Gasteiger partial charge on any atom is -0.369 e. The Morgan fingerprint density at radius 3 is 2.88 bits per heavy atom. The summed E-state index contributed by atoms with van der Waals surface area (Å²) in [6, 6.07) is 1.97. The summed E-state index contributed by atoms with van der Waals surface area (Å²) in [7, 11) is 0. The number of hydrogen-bond donors (Lipinski definition) is 2. The molecule has 90 valence electrons. The number of rotatable bonds is 6. The zero-order chi connectivity index (χ0) is 12.2. The second kappa shape index (κ2) is 5.12. The van der Waals surface area contributed by atoms with E-state index >= 15 is 0 Å². The van der Waals surface area contributed by atoms with E-state index in [0.717, 1.165) is 12.2 Å². The van der Waals surface area contributed by atoms with Crippen LogP contribution < -0.4 is 11.1 Å². The number of amides is 1. The summed E-state index contributed by atoms with van der Waals surface area (Å²) in [5.74, 6) is -0.288. The predicted molar refractivity (Wildman–Crippen MR) is 62.6 cm³/mol. The number of nitrogens with two attached hydrogens (primary N) is 1. The third-order valence-corrected chi connectivity index (χ3v) is 2.64. The molecule has 0 radical (unpaired) electrons. The van der Waals surface area contributed by atoms with Crippen LogP contribution in [0.3, 0.4) is 0 Å². The van der Waals surface area contributed by atoms with Gasteiger partial charge in [-0.25, -0.2) is 0 Å². The maximum Gasteiger partial charge on any atom is 0.224 e. The highest BCUT2D eigenvalue weighted by molar-refractivity contribution is 5.80. The van der Waals surface area contributed by atoms with Gasteiger partial charge in [0.15, 0.2) is 0 Å². The molecule has 1 rings (SSSR count). The molecule has 5 nitrogen and oxygen atoms in total. The van der Waals surface area contributed by atoms with E-state index < -0.39 is 5.41 Å². The second-order valence-electron chi connectivity index (χ2n) is 4.49. The van der Waals surface area contributed by atoms with Crippen molar-refractivity contribution in [1.29, 1.82) is 0 Å². The lowest BCUT2D eigenvalue weighted by Crippen LogP contribution is -2.40. The average molecular weight is 224 g/mol. The van der Waals surface area contributed by atoms with Gasteiger partial charge in [-0.15, -0.1) is 0 Å². The van der Waals surface area contributed by atoms with Gasteiger partial charge in [-0.05, 0) is 26.8 Å². The number of carbonyl (C=O) groups is 1. The van der Waals surface area contributed by atoms with Crippen molar-refractivity contribution in [2.45, 2.75) is 33.9 Å². The number of aryl methyl sites for hydroxylation is 1. The first-order valence-corrected chi connectivity index (χ1v) is 5.48. The van der Waals surface area contributed by atoms with E-state index in [9.17, 15) is 4.79 Å². The molecule has 0 saturated carbocycles. The van der Waals surface area contributed by atoms with E-state index in [1.165, 1.54) is 0 Å². The van der Waals surface area contributed by atoms with Crippen LogP contribution in [0, 0.1) is 5.41 Å². The average Bonchev–Trinajstić information content (AvgIpc) is 2.64. The van der Waals surface area contributed by atoms with Crippen molar-refractivity contribution < 1.29 is 4.79 Å². The second-order valence-corrected chi connectivity index (χ2v) is 4.49. The zero-order valence-electron chi connectivity index (χ0n) is 10.2. The van der Waals surface area contributed by atoms with Crippen molar-refractivity contribution >= 4 is 5.91 Å². The Labute approximate surface area is 96.0 Å². The Hall–Kier alpha value is -1.36. The molecule has 1 heterocycles. The van der Waals surface area contributed by atoms with Crippen LogP contribution in [0.4, 0.5) is 0 Å². The first kappa shape index (κ1) is 12.7. The first-order valence-electron chi connectivity index (χ1n) is 5.48. The lowest BCUT2D eigenvalue weighted by molar-refractivity contribution is -0.125. The molecule has 0 spiro atoms. The van der Waals surface area contributed by atoms with Crippen molar-refractivity contribution in [1.82, 2.24) is 15.1 Å². The highest BCUT2D eigenvalue weighted by atomic mass is 16.1. The number of aromatic nitrogens is 2. The van der Waals surface area contributed by atoms with Gasteiger partial charge in [0.25, 0.3) is 0 Å². The zero-order valence-corrected chi connectivity index (χ0v) is 10.2. The predicted octanol–water partition coefficient (Wildman–Crippen LogP) is 0.504. The fraction of sp³-hybridized carbons (Fsp3) is 0.636. The summed E-state index contributed by atoms with van der Waals surface area (Å²) in [5.41, 5.74) is 5.89. The van der Waals surface area contributed by atoms with Gasteiger partial charge in [0.05, 0.1) is 11.1 Å². The molecule has 0 saturated heterocycles. The molecule has 0 aliphatic rings. The summed E-state index contributed by atoms with van der Waals surface area (Å²) in [5, 5.41) is 7.39. The molecular formula is C11H20N4O. The molecule has 0 aliphatic carbocycles. The maximum atomic E-state index is 11.1. The first-order chi connectivity index (χ1) is 7.47. The van der Waals surface area contributed by atoms with Gasteiger partial charge in [-0.1, -0.05) is 0 Å². The van der Waals surface area contributed by atoms with E-state index in [-0.39, 0.29) is 5.91 Å². The number of nitrogens with zero attached hydrogens (tertiary/aromatic N) is 2. The van der Waals surface area contributed by atoms with Crippen molar-refractivity contribution in [2.24, 2.45) is 11.1 Å². The molecule has 1 aromatic rings. The van der Waals surface area contributed by atoms with Gasteiger partial charge in [-0.2, -0.15) is 5.10 Å². The van der Waals surface area contributed by atoms with Gasteiger partial charge in [0.2, 0.25) is 5.91 Å². The van der Waals surface area contributed by atoms with E-state index in [1.807, 2.05) is 31.5 Å². The molecule has 5 heteroatoms. The van der Waals surface area contributed by atoms with E-state index in [1.54, 1.807) is 6.20 Å². The SMILES string of the molecule is CCn1nccc1CNCC(C)(C)C(N)=O. The van der Waals surface area contributed by atoms with E-state index in [0.29, 0.717) is 13.1 Å². The van der Waals surface area contributed by atoms with E-state index in [2.05, 4.69) is 10.4 Å². The van der Waals surface area contributed by atoms with Crippen LogP contribution in [-0.2, 0) is 17.9 Å². The number of hydrogen-bond acceptors (Lipinski definition) is 3. The van der Waals surface area contributed by atoms with Crippen LogP contribution >= 0.6 is 0 Å². The van der Waals surface area contributed by atoms with Gasteiger partial charge >= 0.3 is 0 Å². The Morgan fingerprint density at radius 1 is 1.62 bits per heavy atom. The van der Waals surface area contributed by atoms with Crippen LogP contribution in [-0.4, -0.2) is 22.2 Å². The van der Waals surface area contributed by atoms with Gasteiger partial charge in [-0.3, -0.25) is 9.48 Å². The van der Waals surface area contributed by atoms with Crippen molar-refractivity contribution in [3.05, 3.63) is 18.0 Å². The standard InChI is InChI=1S/C11H20N4O/c1-4-15-9(5-6-14-15)7-13-8-11(2,3)10(12)16/h5-6,13H,4,7-8H2,1-3H3,(H2,12,16). The van der Waals surface area contributed by atoms with Crippen LogP contribution in [0.15, 0.2) is 12.3 Å². The molecule has 1 aromatic heterocycles. The van der Waals surface area contributed by atoms with Gasteiger partial charge < -0.3 is 11.1 Å².